The third-order valence-corrected chi connectivity index (χ3v) is 3.72. The van der Waals surface area contributed by atoms with Gasteiger partial charge in [-0.3, -0.25) is 0 Å². The Morgan fingerprint density at radius 2 is 2.19 bits per heavy atom. The first kappa shape index (κ1) is 10.00. The van der Waals surface area contributed by atoms with Crippen molar-refractivity contribution in [2.24, 2.45) is 5.92 Å². The van der Waals surface area contributed by atoms with Crippen LogP contribution in [-0.2, 0) is 6.42 Å². The van der Waals surface area contributed by atoms with Gasteiger partial charge in [0.05, 0.1) is 6.04 Å². The molecule has 4 nitrogen and oxygen atoms in total. The molecule has 2 aliphatic rings. The average Bonchev–Trinajstić information content (AvgIpc) is 2.67. The topological polar surface area (TPSA) is 41.9 Å². The zero-order chi connectivity index (χ0) is 11.1. The molecule has 0 amide bonds. The monoisotopic (exact) mass is 220 g/mol. The van der Waals surface area contributed by atoms with Crippen LogP contribution in [0.2, 0.25) is 0 Å². The summed E-state index contributed by atoms with van der Waals surface area (Å²) in [6.07, 6.45) is 3.57. The summed E-state index contributed by atoms with van der Waals surface area (Å²) in [5.74, 6) is 3.04. The lowest BCUT2D eigenvalue weighted by molar-refractivity contribution is 0.323. The van der Waals surface area contributed by atoms with Crippen LogP contribution in [0.1, 0.15) is 38.3 Å². The second-order valence-corrected chi connectivity index (χ2v) is 5.18. The zero-order valence-electron chi connectivity index (χ0n) is 10.1. The molecule has 88 valence electrons. The van der Waals surface area contributed by atoms with E-state index in [-0.39, 0.29) is 0 Å². The molecule has 1 aromatic heterocycles. The van der Waals surface area contributed by atoms with Crippen molar-refractivity contribution in [3.63, 3.8) is 0 Å². The first-order chi connectivity index (χ1) is 7.77. The van der Waals surface area contributed by atoms with Crippen molar-refractivity contribution < 1.29 is 0 Å². The molecule has 0 spiro atoms. The fraction of sp³-hybridized carbons (Fsp3) is 0.750. The van der Waals surface area contributed by atoms with E-state index in [1.807, 2.05) is 0 Å². The SMILES string of the molecule is CC(C)C1CCNc2c3c(nn21)NCCC3. The maximum atomic E-state index is 4.74. The molecular weight excluding hydrogens is 200 g/mol. The molecule has 0 radical (unpaired) electrons. The van der Waals surface area contributed by atoms with E-state index in [0.717, 1.165) is 25.3 Å². The fourth-order valence-electron chi connectivity index (χ4n) is 2.82. The minimum atomic E-state index is 0.559. The maximum absolute atomic E-state index is 4.74. The van der Waals surface area contributed by atoms with Crippen LogP contribution >= 0.6 is 0 Å². The van der Waals surface area contributed by atoms with Crippen LogP contribution in [0.4, 0.5) is 11.6 Å². The number of rotatable bonds is 1. The van der Waals surface area contributed by atoms with Crippen molar-refractivity contribution in [1.82, 2.24) is 9.78 Å². The second kappa shape index (κ2) is 3.68. The third-order valence-electron chi connectivity index (χ3n) is 3.72. The lowest BCUT2D eigenvalue weighted by Crippen LogP contribution is -2.27. The van der Waals surface area contributed by atoms with Crippen molar-refractivity contribution in [3.05, 3.63) is 5.56 Å². The Bertz CT molecular complexity index is 394. The summed E-state index contributed by atoms with van der Waals surface area (Å²) < 4.78 is 2.22. The smallest absolute Gasteiger partial charge is 0.153 e. The number of nitrogens with one attached hydrogen (secondary N) is 2. The van der Waals surface area contributed by atoms with E-state index in [0.29, 0.717) is 12.0 Å². The molecule has 0 bridgehead atoms. The Hall–Kier alpha value is -1.19. The Morgan fingerprint density at radius 3 is 3.00 bits per heavy atom. The number of hydrogen-bond donors (Lipinski definition) is 2. The fourth-order valence-corrected chi connectivity index (χ4v) is 2.82. The van der Waals surface area contributed by atoms with E-state index in [1.165, 1.54) is 24.2 Å². The van der Waals surface area contributed by atoms with Gasteiger partial charge < -0.3 is 10.6 Å². The average molecular weight is 220 g/mol. The lowest BCUT2D eigenvalue weighted by Gasteiger charge is -2.29. The van der Waals surface area contributed by atoms with Gasteiger partial charge in [0.1, 0.15) is 5.82 Å². The predicted octanol–water partition coefficient (Wildman–Crippen LogP) is 2.25. The summed E-state index contributed by atoms with van der Waals surface area (Å²) in [6, 6.07) is 0.559. The van der Waals surface area contributed by atoms with Gasteiger partial charge in [-0.1, -0.05) is 13.8 Å². The molecule has 4 heteroatoms. The summed E-state index contributed by atoms with van der Waals surface area (Å²) in [4.78, 5) is 0. The van der Waals surface area contributed by atoms with Crippen LogP contribution < -0.4 is 10.6 Å². The number of hydrogen-bond acceptors (Lipinski definition) is 3. The highest BCUT2D eigenvalue weighted by molar-refractivity contribution is 5.61. The van der Waals surface area contributed by atoms with Gasteiger partial charge in [-0.05, 0) is 25.2 Å². The predicted molar refractivity (Wildman–Crippen MR) is 66.0 cm³/mol. The van der Waals surface area contributed by atoms with Crippen molar-refractivity contribution in [2.45, 2.75) is 39.2 Å². The molecule has 0 aliphatic carbocycles. The molecule has 2 aliphatic heterocycles. The maximum Gasteiger partial charge on any atom is 0.153 e. The zero-order valence-corrected chi connectivity index (χ0v) is 10.1. The second-order valence-electron chi connectivity index (χ2n) is 5.18. The molecule has 0 saturated carbocycles. The summed E-state index contributed by atoms with van der Waals surface area (Å²) in [5, 5.41) is 11.7. The molecule has 0 saturated heterocycles. The van der Waals surface area contributed by atoms with E-state index in [4.69, 9.17) is 5.10 Å². The van der Waals surface area contributed by atoms with Crippen LogP contribution in [-0.4, -0.2) is 22.9 Å². The Balaban J connectivity index is 2.05. The van der Waals surface area contributed by atoms with E-state index < -0.39 is 0 Å². The first-order valence-corrected chi connectivity index (χ1v) is 6.36. The van der Waals surface area contributed by atoms with Crippen molar-refractivity contribution in [3.8, 4) is 0 Å². The highest BCUT2D eigenvalue weighted by Crippen LogP contribution is 2.36. The van der Waals surface area contributed by atoms with Gasteiger partial charge >= 0.3 is 0 Å². The third kappa shape index (κ3) is 1.39. The summed E-state index contributed by atoms with van der Waals surface area (Å²) in [7, 11) is 0. The van der Waals surface area contributed by atoms with Gasteiger partial charge in [-0.2, -0.15) is 5.10 Å². The van der Waals surface area contributed by atoms with Crippen LogP contribution in [0, 0.1) is 5.92 Å². The van der Waals surface area contributed by atoms with Crippen molar-refractivity contribution in [1.29, 1.82) is 0 Å². The Labute approximate surface area is 96.4 Å². The van der Waals surface area contributed by atoms with E-state index in [9.17, 15) is 0 Å². The van der Waals surface area contributed by atoms with Crippen LogP contribution in [0.5, 0.6) is 0 Å². The molecule has 3 heterocycles. The van der Waals surface area contributed by atoms with E-state index in [2.05, 4.69) is 29.2 Å². The number of aromatic nitrogens is 2. The summed E-state index contributed by atoms with van der Waals surface area (Å²) >= 11 is 0. The number of anilines is 2. The molecule has 1 aromatic rings. The highest BCUT2D eigenvalue weighted by Gasteiger charge is 2.28. The first-order valence-electron chi connectivity index (χ1n) is 6.36. The number of nitrogens with zero attached hydrogens (tertiary/aromatic N) is 2. The van der Waals surface area contributed by atoms with Gasteiger partial charge in [0, 0.05) is 18.7 Å². The minimum Gasteiger partial charge on any atom is -0.370 e. The van der Waals surface area contributed by atoms with Crippen LogP contribution in [0.25, 0.3) is 0 Å². The van der Waals surface area contributed by atoms with Crippen LogP contribution in [0.15, 0.2) is 0 Å². The quantitative estimate of drug-likeness (QED) is 0.762. The molecule has 1 unspecified atom stereocenters. The standard InChI is InChI=1S/C12H20N4/c1-8(2)10-5-7-14-12-9-4-3-6-13-11(9)15-16(10)12/h8,10,14H,3-7H2,1-2H3,(H,13,15). The van der Waals surface area contributed by atoms with Gasteiger partial charge in [0.25, 0.3) is 0 Å². The summed E-state index contributed by atoms with van der Waals surface area (Å²) in [6.45, 7) is 6.72. The van der Waals surface area contributed by atoms with Gasteiger partial charge in [-0.15, -0.1) is 0 Å². The molecule has 0 aromatic carbocycles. The minimum absolute atomic E-state index is 0.559. The normalized spacial score (nSPS) is 23.3. The molecule has 16 heavy (non-hydrogen) atoms. The van der Waals surface area contributed by atoms with Gasteiger partial charge in [0.2, 0.25) is 0 Å². The highest BCUT2D eigenvalue weighted by atomic mass is 15.4. The molecule has 3 rings (SSSR count). The molecule has 1 atom stereocenters. The van der Waals surface area contributed by atoms with E-state index in [1.54, 1.807) is 0 Å². The molecule has 0 fully saturated rings. The molecular formula is C12H20N4. The van der Waals surface area contributed by atoms with E-state index >= 15 is 0 Å². The Morgan fingerprint density at radius 1 is 1.31 bits per heavy atom. The number of fused-ring (bicyclic) bond motifs is 3. The van der Waals surface area contributed by atoms with Crippen molar-refractivity contribution >= 4 is 11.6 Å². The largest absolute Gasteiger partial charge is 0.370 e. The van der Waals surface area contributed by atoms with Gasteiger partial charge in [0.15, 0.2) is 5.82 Å². The molecule has 2 N–H and O–H groups in total. The van der Waals surface area contributed by atoms with Crippen LogP contribution in [0.3, 0.4) is 0 Å². The summed E-state index contributed by atoms with van der Waals surface area (Å²) in [5.41, 5.74) is 1.40. The lowest BCUT2D eigenvalue weighted by atomic mass is 9.99. The van der Waals surface area contributed by atoms with Gasteiger partial charge in [-0.25, -0.2) is 4.68 Å². The Kier molecular flexibility index (Phi) is 2.30. The van der Waals surface area contributed by atoms with Crippen molar-refractivity contribution in [2.75, 3.05) is 23.7 Å².